The summed E-state index contributed by atoms with van der Waals surface area (Å²) < 4.78 is 0. The Bertz CT molecular complexity index is 343. The van der Waals surface area contributed by atoms with Gasteiger partial charge in [0.1, 0.15) is 11.6 Å². The van der Waals surface area contributed by atoms with Crippen molar-refractivity contribution in [1.29, 1.82) is 0 Å². The fraction of sp³-hybridized carbons (Fsp3) is 0.583. The number of carbonyl (C=O) groups excluding carboxylic acids is 1. The van der Waals surface area contributed by atoms with E-state index in [-0.39, 0.29) is 0 Å². The van der Waals surface area contributed by atoms with Crippen LogP contribution in [0, 0.1) is 0 Å². The lowest BCUT2D eigenvalue weighted by Gasteiger charge is -2.29. The van der Waals surface area contributed by atoms with Crippen LogP contribution in [0.4, 0.5) is 0 Å². The van der Waals surface area contributed by atoms with Gasteiger partial charge in [0.25, 0.3) is 0 Å². The zero-order chi connectivity index (χ0) is 11.4. The van der Waals surface area contributed by atoms with Crippen LogP contribution in [-0.2, 0) is 11.3 Å². The first-order chi connectivity index (χ1) is 7.75. The molecule has 1 aliphatic rings. The second-order valence-corrected chi connectivity index (χ2v) is 4.35. The summed E-state index contributed by atoms with van der Waals surface area (Å²) in [5.74, 6) is 1.25. The van der Waals surface area contributed by atoms with Gasteiger partial charge in [-0.05, 0) is 26.0 Å². The van der Waals surface area contributed by atoms with Gasteiger partial charge in [-0.25, -0.2) is 9.97 Å². The Balaban J connectivity index is 1.88. The fourth-order valence-corrected chi connectivity index (χ4v) is 2.13. The highest BCUT2D eigenvalue weighted by Crippen LogP contribution is 2.20. The van der Waals surface area contributed by atoms with E-state index in [2.05, 4.69) is 21.9 Å². The first kappa shape index (κ1) is 11.2. The van der Waals surface area contributed by atoms with Gasteiger partial charge < -0.3 is 0 Å². The van der Waals surface area contributed by atoms with Crippen LogP contribution in [0.1, 0.15) is 31.5 Å². The predicted molar refractivity (Wildman–Crippen MR) is 60.8 cm³/mol. The van der Waals surface area contributed by atoms with Crippen LogP contribution in [0.25, 0.3) is 0 Å². The number of Topliss-reactive ketones (excluding diaryl/α,β-unsaturated/α-hetero) is 1. The highest BCUT2D eigenvalue weighted by molar-refractivity contribution is 5.79. The molecule has 1 heterocycles. The van der Waals surface area contributed by atoms with Gasteiger partial charge in [-0.3, -0.25) is 9.69 Å². The SMILES string of the molecule is CN(Cc1ncccn1)C1CCC(=O)CC1. The summed E-state index contributed by atoms with van der Waals surface area (Å²) in [7, 11) is 2.08. The lowest BCUT2D eigenvalue weighted by atomic mass is 9.93. The zero-order valence-electron chi connectivity index (χ0n) is 9.59. The van der Waals surface area contributed by atoms with Crippen LogP contribution < -0.4 is 0 Å². The van der Waals surface area contributed by atoms with E-state index in [1.807, 2.05) is 6.07 Å². The molecule has 16 heavy (non-hydrogen) atoms. The van der Waals surface area contributed by atoms with Gasteiger partial charge in [-0.15, -0.1) is 0 Å². The monoisotopic (exact) mass is 219 g/mol. The maximum absolute atomic E-state index is 11.1. The van der Waals surface area contributed by atoms with Gasteiger partial charge in [0.2, 0.25) is 0 Å². The first-order valence-corrected chi connectivity index (χ1v) is 5.73. The molecule has 0 amide bonds. The van der Waals surface area contributed by atoms with Gasteiger partial charge >= 0.3 is 0 Å². The summed E-state index contributed by atoms with van der Waals surface area (Å²) in [4.78, 5) is 21.8. The number of hydrogen-bond acceptors (Lipinski definition) is 4. The van der Waals surface area contributed by atoms with E-state index in [0.29, 0.717) is 11.8 Å². The van der Waals surface area contributed by atoms with Crippen molar-refractivity contribution in [2.75, 3.05) is 7.05 Å². The van der Waals surface area contributed by atoms with Crippen molar-refractivity contribution in [2.45, 2.75) is 38.3 Å². The molecule has 0 radical (unpaired) electrons. The Labute approximate surface area is 95.7 Å². The molecule has 0 bridgehead atoms. The standard InChI is InChI=1S/C12H17N3O/c1-15(9-12-13-7-2-8-14-12)10-3-5-11(16)6-4-10/h2,7-8,10H,3-6,9H2,1H3. The predicted octanol–water partition coefficient (Wildman–Crippen LogP) is 1.42. The van der Waals surface area contributed by atoms with Gasteiger partial charge in [0, 0.05) is 31.3 Å². The molecule has 1 aromatic rings. The minimum atomic E-state index is 0.403. The molecule has 86 valence electrons. The van der Waals surface area contributed by atoms with Crippen LogP contribution in [0.2, 0.25) is 0 Å². The number of ketones is 1. The van der Waals surface area contributed by atoms with Crippen LogP contribution in [0.3, 0.4) is 0 Å². The molecule has 0 aliphatic heterocycles. The molecule has 2 rings (SSSR count). The highest BCUT2D eigenvalue weighted by atomic mass is 16.1. The third-order valence-corrected chi connectivity index (χ3v) is 3.15. The van der Waals surface area contributed by atoms with E-state index in [0.717, 1.165) is 38.1 Å². The topological polar surface area (TPSA) is 46.1 Å². The van der Waals surface area contributed by atoms with E-state index >= 15 is 0 Å². The van der Waals surface area contributed by atoms with Crippen LogP contribution in [0.15, 0.2) is 18.5 Å². The van der Waals surface area contributed by atoms with Crippen molar-refractivity contribution in [1.82, 2.24) is 14.9 Å². The summed E-state index contributed by atoms with van der Waals surface area (Å²) in [6.07, 6.45) is 6.93. The number of rotatable bonds is 3. The fourth-order valence-electron chi connectivity index (χ4n) is 2.13. The van der Waals surface area contributed by atoms with E-state index in [1.54, 1.807) is 12.4 Å². The van der Waals surface area contributed by atoms with Crippen molar-refractivity contribution in [3.8, 4) is 0 Å². The molecule has 0 unspecified atom stereocenters. The molecule has 4 nitrogen and oxygen atoms in total. The molecule has 4 heteroatoms. The molecular weight excluding hydrogens is 202 g/mol. The first-order valence-electron chi connectivity index (χ1n) is 5.73. The minimum absolute atomic E-state index is 0.403. The number of hydrogen-bond donors (Lipinski definition) is 0. The number of carbonyl (C=O) groups is 1. The largest absolute Gasteiger partial charge is 0.300 e. The summed E-state index contributed by atoms with van der Waals surface area (Å²) in [5.41, 5.74) is 0. The minimum Gasteiger partial charge on any atom is -0.300 e. The molecule has 1 aliphatic carbocycles. The molecule has 0 spiro atoms. The van der Waals surface area contributed by atoms with Gasteiger partial charge in [-0.2, -0.15) is 0 Å². The lowest BCUT2D eigenvalue weighted by Crippen LogP contribution is -2.35. The molecule has 0 atom stereocenters. The molecule has 0 N–H and O–H groups in total. The van der Waals surface area contributed by atoms with E-state index in [9.17, 15) is 4.79 Å². The highest BCUT2D eigenvalue weighted by Gasteiger charge is 2.22. The van der Waals surface area contributed by atoms with Gasteiger partial charge in [0.05, 0.1) is 6.54 Å². The van der Waals surface area contributed by atoms with Crippen molar-refractivity contribution < 1.29 is 4.79 Å². The maximum Gasteiger partial charge on any atom is 0.142 e. The van der Waals surface area contributed by atoms with E-state index in [4.69, 9.17) is 0 Å². The summed E-state index contributed by atoms with van der Waals surface area (Å²) >= 11 is 0. The van der Waals surface area contributed by atoms with Crippen LogP contribution in [-0.4, -0.2) is 33.7 Å². The summed E-state index contributed by atoms with van der Waals surface area (Å²) in [5, 5.41) is 0. The lowest BCUT2D eigenvalue weighted by molar-refractivity contribution is -0.121. The average molecular weight is 219 g/mol. The van der Waals surface area contributed by atoms with Crippen molar-refractivity contribution >= 4 is 5.78 Å². The molecular formula is C12H17N3O. The maximum atomic E-state index is 11.1. The molecule has 1 saturated carbocycles. The smallest absolute Gasteiger partial charge is 0.142 e. The number of nitrogens with zero attached hydrogens (tertiary/aromatic N) is 3. The third-order valence-electron chi connectivity index (χ3n) is 3.15. The Morgan fingerprint density at radius 1 is 1.31 bits per heavy atom. The Morgan fingerprint density at radius 2 is 1.94 bits per heavy atom. The van der Waals surface area contributed by atoms with Crippen LogP contribution in [0.5, 0.6) is 0 Å². The van der Waals surface area contributed by atoms with Crippen molar-refractivity contribution in [2.24, 2.45) is 0 Å². The van der Waals surface area contributed by atoms with Crippen LogP contribution >= 0.6 is 0 Å². The second kappa shape index (κ2) is 5.16. The molecule has 0 aromatic carbocycles. The normalized spacial score (nSPS) is 18.0. The molecule has 1 fully saturated rings. The molecule has 0 saturated heterocycles. The summed E-state index contributed by atoms with van der Waals surface area (Å²) in [6, 6.07) is 2.32. The second-order valence-electron chi connectivity index (χ2n) is 4.35. The van der Waals surface area contributed by atoms with E-state index < -0.39 is 0 Å². The Hall–Kier alpha value is -1.29. The van der Waals surface area contributed by atoms with Gasteiger partial charge in [0.15, 0.2) is 0 Å². The Kier molecular flexibility index (Phi) is 3.62. The molecule has 1 aromatic heterocycles. The average Bonchev–Trinajstić information content (AvgIpc) is 2.31. The van der Waals surface area contributed by atoms with Crippen molar-refractivity contribution in [3.63, 3.8) is 0 Å². The van der Waals surface area contributed by atoms with E-state index in [1.165, 1.54) is 0 Å². The van der Waals surface area contributed by atoms with Gasteiger partial charge in [-0.1, -0.05) is 0 Å². The summed E-state index contributed by atoms with van der Waals surface area (Å²) in [6.45, 7) is 0.764. The quantitative estimate of drug-likeness (QED) is 0.771. The van der Waals surface area contributed by atoms with Crippen molar-refractivity contribution in [3.05, 3.63) is 24.3 Å². The zero-order valence-corrected chi connectivity index (χ0v) is 9.59. The number of aromatic nitrogens is 2. The third kappa shape index (κ3) is 2.85. The Morgan fingerprint density at radius 3 is 2.56 bits per heavy atom.